The van der Waals surface area contributed by atoms with Crippen LogP contribution < -0.4 is 0 Å². The number of nitrogens with zero attached hydrogens (tertiary/aromatic N) is 2. The summed E-state index contributed by atoms with van der Waals surface area (Å²) in [7, 11) is 0. The van der Waals surface area contributed by atoms with Crippen LogP contribution in [0.5, 0.6) is 0 Å². The van der Waals surface area contributed by atoms with Crippen LogP contribution in [0.2, 0.25) is 0 Å². The lowest BCUT2D eigenvalue weighted by Crippen LogP contribution is -2.11. The standard InChI is InChI=1S/C16H14N2O2S2/c1-11(12-5-3-2-4-6-12)20-14(19)9-22-16-13-7-8-21-15(13)17-10-18-16/h2-8,10-11H,9H2,1H3/t11-/m0/s1. The molecule has 2 aromatic heterocycles. The molecule has 0 amide bonds. The lowest BCUT2D eigenvalue weighted by Gasteiger charge is -2.13. The van der Waals surface area contributed by atoms with Crippen molar-refractivity contribution in [3.63, 3.8) is 0 Å². The van der Waals surface area contributed by atoms with Gasteiger partial charge >= 0.3 is 5.97 Å². The Morgan fingerprint density at radius 1 is 1.27 bits per heavy atom. The normalized spacial score (nSPS) is 12.2. The number of ether oxygens (including phenoxy) is 1. The summed E-state index contributed by atoms with van der Waals surface area (Å²) in [6, 6.07) is 11.7. The number of esters is 1. The first-order valence-corrected chi connectivity index (χ1v) is 8.66. The average molecular weight is 330 g/mol. The SMILES string of the molecule is C[C@H](OC(=O)CSc1ncnc2sccc12)c1ccccc1. The second kappa shape index (κ2) is 6.89. The highest BCUT2D eigenvalue weighted by molar-refractivity contribution is 8.00. The molecule has 2 heterocycles. The number of carbonyl (C=O) groups is 1. The number of rotatable bonds is 5. The van der Waals surface area contributed by atoms with Gasteiger partial charge in [-0.05, 0) is 23.9 Å². The van der Waals surface area contributed by atoms with Gasteiger partial charge in [-0.1, -0.05) is 42.1 Å². The van der Waals surface area contributed by atoms with Gasteiger partial charge in [0, 0.05) is 5.39 Å². The van der Waals surface area contributed by atoms with E-state index in [1.54, 1.807) is 11.3 Å². The molecule has 0 bridgehead atoms. The van der Waals surface area contributed by atoms with Crippen molar-refractivity contribution in [1.29, 1.82) is 0 Å². The van der Waals surface area contributed by atoms with Gasteiger partial charge < -0.3 is 4.74 Å². The van der Waals surface area contributed by atoms with E-state index < -0.39 is 0 Å². The first-order valence-electron chi connectivity index (χ1n) is 6.79. The summed E-state index contributed by atoms with van der Waals surface area (Å²) in [5.41, 5.74) is 0.989. The number of aromatic nitrogens is 2. The minimum Gasteiger partial charge on any atom is -0.457 e. The Morgan fingerprint density at radius 2 is 2.09 bits per heavy atom. The second-order valence-electron chi connectivity index (χ2n) is 4.65. The Labute approximate surface area is 136 Å². The number of thiophene rings is 1. The van der Waals surface area contributed by atoms with Crippen molar-refractivity contribution in [2.45, 2.75) is 18.1 Å². The van der Waals surface area contributed by atoms with Crippen molar-refractivity contribution in [3.8, 4) is 0 Å². The lowest BCUT2D eigenvalue weighted by atomic mass is 10.1. The molecule has 22 heavy (non-hydrogen) atoms. The van der Waals surface area contributed by atoms with Crippen LogP contribution in [-0.2, 0) is 9.53 Å². The summed E-state index contributed by atoms with van der Waals surface area (Å²) in [6.45, 7) is 1.87. The highest BCUT2D eigenvalue weighted by Gasteiger charge is 2.13. The zero-order valence-corrected chi connectivity index (χ0v) is 13.6. The Hall–Kier alpha value is -1.92. The molecule has 0 aliphatic heterocycles. The molecule has 6 heteroatoms. The predicted molar refractivity (Wildman–Crippen MR) is 89.1 cm³/mol. The third-order valence-electron chi connectivity index (χ3n) is 3.13. The van der Waals surface area contributed by atoms with Crippen LogP contribution in [0.15, 0.2) is 53.1 Å². The topological polar surface area (TPSA) is 52.1 Å². The van der Waals surface area contributed by atoms with E-state index in [0.717, 1.165) is 20.8 Å². The van der Waals surface area contributed by atoms with Crippen molar-refractivity contribution < 1.29 is 9.53 Å². The smallest absolute Gasteiger partial charge is 0.316 e. The zero-order valence-electron chi connectivity index (χ0n) is 11.9. The van der Waals surface area contributed by atoms with E-state index in [4.69, 9.17) is 4.74 Å². The van der Waals surface area contributed by atoms with Crippen LogP contribution in [0.25, 0.3) is 10.2 Å². The summed E-state index contributed by atoms with van der Waals surface area (Å²) < 4.78 is 5.45. The van der Waals surface area contributed by atoms with Gasteiger partial charge in [-0.15, -0.1) is 11.3 Å². The molecule has 1 atom stereocenters. The van der Waals surface area contributed by atoms with Crippen molar-refractivity contribution >= 4 is 39.3 Å². The second-order valence-corrected chi connectivity index (χ2v) is 6.51. The first-order chi connectivity index (χ1) is 10.7. The molecular formula is C16H14N2O2S2. The van der Waals surface area contributed by atoms with Gasteiger partial charge in [0.05, 0.1) is 5.75 Å². The van der Waals surface area contributed by atoms with Crippen LogP contribution in [0.1, 0.15) is 18.6 Å². The molecule has 0 saturated heterocycles. The van der Waals surface area contributed by atoms with Crippen LogP contribution in [0.3, 0.4) is 0 Å². The Morgan fingerprint density at radius 3 is 2.91 bits per heavy atom. The van der Waals surface area contributed by atoms with E-state index in [-0.39, 0.29) is 17.8 Å². The summed E-state index contributed by atoms with van der Waals surface area (Å²) >= 11 is 2.94. The van der Waals surface area contributed by atoms with Gasteiger partial charge in [0.25, 0.3) is 0 Å². The largest absolute Gasteiger partial charge is 0.457 e. The summed E-state index contributed by atoms with van der Waals surface area (Å²) in [4.78, 5) is 21.4. The molecule has 0 unspecified atom stereocenters. The van der Waals surface area contributed by atoms with E-state index in [1.165, 1.54) is 18.1 Å². The fraction of sp³-hybridized carbons (Fsp3) is 0.188. The van der Waals surface area contributed by atoms with Crippen molar-refractivity contribution in [2.24, 2.45) is 0 Å². The van der Waals surface area contributed by atoms with Gasteiger partial charge in [0.15, 0.2) is 0 Å². The average Bonchev–Trinajstić information content (AvgIpc) is 3.03. The molecule has 3 rings (SSSR count). The molecule has 3 aromatic rings. The highest BCUT2D eigenvalue weighted by Crippen LogP contribution is 2.28. The van der Waals surface area contributed by atoms with E-state index in [9.17, 15) is 4.79 Å². The number of hydrogen-bond acceptors (Lipinski definition) is 6. The van der Waals surface area contributed by atoms with Crippen LogP contribution in [0, 0.1) is 0 Å². The zero-order chi connectivity index (χ0) is 15.4. The monoisotopic (exact) mass is 330 g/mol. The number of thioether (sulfide) groups is 1. The first kappa shape index (κ1) is 15.0. The Bertz CT molecular complexity index is 774. The molecule has 1 aromatic carbocycles. The number of fused-ring (bicyclic) bond motifs is 1. The molecule has 0 aliphatic carbocycles. The molecule has 0 radical (unpaired) electrons. The fourth-order valence-electron chi connectivity index (χ4n) is 2.03. The third-order valence-corrected chi connectivity index (χ3v) is 4.93. The van der Waals surface area contributed by atoms with E-state index in [2.05, 4.69) is 9.97 Å². The van der Waals surface area contributed by atoms with Crippen LogP contribution in [0.4, 0.5) is 0 Å². The molecular weight excluding hydrogens is 316 g/mol. The molecule has 0 fully saturated rings. The molecule has 4 nitrogen and oxygen atoms in total. The maximum Gasteiger partial charge on any atom is 0.316 e. The van der Waals surface area contributed by atoms with Gasteiger partial charge in [-0.3, -0.25) is 4.79 Å². The summed E-state index contributed by atoms with van der Waals surface area (Å²) in [5, 5.41) is 3.77. The van der Waals surface area contributed by atoms with Crippen LogP contribution in [-0.4, -0.2) is 21.7 Å². The molecule has 0 spiro atoms. The number of benzene rings is 1. The fourth-order valence-corrected chi connectivity index (χ4v) is 3.59. The molecule has 0 saturated carbocycles. The number of carbonyl (C=O) groups excluding carboxylic acids is 1. The lowest BCUT2D eigenvalue weighted by molar-refractivity contribution is -0.145. The van der Waals surface area contributed by atoms with E-state index >= 15 is 0 Å². The molecule has 112 valence electrons. The van der Waals surface area contributed by atoms with Gasteiger partial charge in [0.1, 0.15) is 22.3 Å². The minimum absolute atomic E-state index is 0.235. The van der Waals surface area contributed by atoms with E-state index in [1.807, 2.05) is 48.7 Å². The quantitative estimate of drug-likeness (QED) is 0.401. The van der Waals surface area contributed by atoms with Crippen molar-refractivity contribution in [1.82, 2.24) is 9.97 Å². The Balaban J connectivity index is 1.60. The Kier molecular flexibility index (Phi) is 4.70. The maximum atomic E-state index is 12.0. The molecule has 0 N–H and O–H groups in total. The van der Waals surface area contributed by atoms with E-state index in [0.29, 0.717) is 0 Å². The van der Waals surface area contributed by atoms with Gasteiger partial charge in [-0.25, -0.2) is 9.97 Å². The van der Waals surface area contributed by atoms with Gasteiger partial charge in [-0.2, -0.15) is 0 Å². The van der Waals surface area contributed by atoms with Crippen LogP contribution >= 0.6 is 23.1 Å². The van der Waals surface area contributed by atoms with Crippen molar-refractivity contribution in [2.75, 3.05) is 5.75 Å². The highest BCUT2D eigenvalue weighted by atomic mass is 32.2. The number of hydrogen-bond donors (Lipinski definition) is 0. The maximum absolute atomic E-state index is 12.0. The summed E-state index contributed by atoms with van der Waals surface area (Å²) in [5.74, 6) is -0.0117. The minimum atomic E-state index is -0.249. The van der Waals surface area contributed by atoms with Gasteiger partial charge in [0.2, 0.25) is 0 Å². The van der Waals surface area contributed by atoms with Crippen molar-refractivity contribution in [3.05, 3.63) is 53.7 Å². The third kappa shape index (κ3) is 3.45. The predicted octanol–water partition coefficient (Wildman–Crippen LogP) is 4.09. The summed E-state index contributed by atoms with van der Waals surface area (Å²) in [6.07, 6.45) is 1.28. The molecule has 0 aliphatic rings.